The lowest BCUT2D eigenvalue weighted by Crippen LogP contribution is -2.32. The molecule has 1 aliphatic heterocycles. The highest BCUT2D eigenvalue weighted by Crippen LogP contribution is 2.41. The molecule has 6 heteroatoms. The zero-order valence-electron chi connectivity index (χ0n) is 21.2. The predicted octanol–water partition coefficient (Wildman–Crippen LogP) is 5.97. The van der Waals surface area contributed by atoms with Gasteiger partial charge < -0.3 is 10.2 Å². The zero-order chi connectivity index (χ0) is 26.1. The number of aromatic nitrogens is 1. The van der Waals surface area contributed by atoms with Gasteiger partial charge in [-0.15, -0.1) is 0 Å². The number of carbonyl (C=O) groups excluding carboxylic acids is 2. The maximum atomic E-state index is 14.3. The third-order valence-electron chi connectivity index (χ3n) is 7.64. The molecule has 2 heterocycles. The molecule has 38 heavy (non-hydrogen) atoms. The van der Waals surface area contributed by atoms with E-state index in [1.807, 2.05) is 53.4 Å². The van der Waals surface area contributed by atoms with E-state index in [0.29, 0.717) is 36.7 Å². The highest BCUT2D eigenvalue weighted by atomic mass is 19.1. The number of nitrogens with one attached hydrogen (secondary N) is 1. The van der Waals surface area contributed by atoms with Crippen LogP contribution in [-0.2, 0) is 22.6 Å². The number of nitrogens with zero attached hydrogens (tertiary/aromatic N) is 2. The first-order chi connectivity index (χ1) is 18.6. The SMILES string of the molecule is O=C(Cc1c(CN2CCCC2=O)c(-c2cccc(F)c2)nc2ccccc12)N[C@H](c1ccccc1)C1CC1. The molecule has 4 aromatic rings. The van der Waals surface area contributed by atoms with Crippen LogP contribution in [0.3, 0.4) is 0 Å². The number of benzene rings is 3. The Hall–Kier alpha value is -4.06. The van der Waals surface area contributed by atoms with Gasteiger partial charge in [0.2, 0.25) is 11.8 Å². The van der Waals surface area contributed by atoms with Gasteiger partial charge in [-0.05, 0) is 54.5 Å². The summed E-state index contributed by atoms with van der Waals surface area (Å²) in [5.41, 5.74) is 4.77. The van der Waals surface area contributed by atoms with Crippen LogP contribution in [0, 0.1) is 11.7 Å². The molecule has 2 amide bonds. The highest BCUT2D eigenvalue weighted by molar-refractivity contribution is 5.92. The summed E-state index contributed by atoms with van der Waals surface area (Å²) in [4.78, 5) is 33.0. The number of hydrogen-bond acceptors (Lipinski definition) is 3. The van der Waals surface area contributed by atoms with Gasteiger partial charge in [0.1, 0.15) is 5.82 Å². The molecule has 192 valence electrons. The molecule has 1 aliphatic carbocycles. The average molecular weight is 508 g/mol. The van der Waals surface area contributed by atoms with Crippen molar-refractivity contribution in [3.63, 3.8) is 0 Å². The third-order valence-corrected chi connectivity index (χ3v) is 7.64. The molecule has 0 spiro atoms. The van der Waals surface area contributed by atoms with E-state index >= 15 is 0 Å². The van der Waals surface area contributed by atoms with Crippen molar-refractivity contribution in [2.24, 2.45) is 5.92 Å². The molecular weight excluding hydrogens is 477 g/mol. The van der Waals surface area contributed by atoms with Crippen molar-refractivity contribution in [2.45, 2.75) is 44.7 Å². The number of hydrogen-bond donors (Lipinski definition) is 1. The van der Waals surface area contributed by atoms with E-state index in [-0.39, 0.29) is 30.1 Å². The molecule has 0 bridgehead atoms. The first kappa shape index (κ1) is 24.3. The van der Waals surface area contributed by atoms with Gasteiger partial charge in [-0.2, -0.15) is 0 Å². The summed E-state index contributed by atoms with van der Waals surface area (Å²) < 4.78 is 14.3. The molecule has 5 nitrogen and oxygen atoms in total. The van der Waals surface area contributed by atoms with Crippen LogP contribution < -0.4 is 5.32 Å². The molecule has 3 aromatic carbocycles. The summed E-state index contributed by atoms with van der Waals surface area (Å²) in [6.45, 7) is 1.01. The standard InChI is InChI=1S/C32H30FN3O2/c33-24-11-6-10-23(18-24)32-27(20-36-17-7-14-30(36)38)26(25-12-4-5-13-28(25)34-32)19-29(37)35-31(22-15-16-22)21-8-2-1-3-9-21/h1-6,8-13,18,22,31H,7,14-17,19-20H2,(H,35,37)/t31-/m1/s1. The average Bonchev–Trinajstić information content (AvgIpc) is 3.70. The van der Waals surface area contributed by atoms with Gasteiger partial charge in [-0.25, -0.2) is 9.37 Å². The van der Waals surface area contributed by atoms with E-state index in [1.54, 1.807) is 6.07 Å². The Balaban J connectivity index is 1.43. The molecule has 1 saturated carbocycles. The monoisotopic (exact) mass is 507 g/mol. The van der Waals surface area contributed by atoms with Crippen molar-refractivity contribution in [3.05, 3.63) is 101 Å². The van der Waals surface area contributed by atoms with Gasteiger partial charge in [0.15, 0.2) is 0 Å². The fourth-order valence-corrected chi connectivity index (χ4v) is 5.58. The summed E-state index contributed by atoms with van der Waals surface area (Å²) in [6.07, 6.45) is 3.68. The smallest absolute Gasteiger partial charge is 0.224 e. The first-order valence-corrected chi connectivity index (χ1v) is 13.4. The highest BCUT2D eigenvalue weighted by Gasteiger charge is 2.34. The fraction of sp³-hybridized carbons (Fsp3) is 0.281. The molecule has 2 fully saturated rings. The van der Waals surface area contributed by atoms with E-state index in [9.17, 15) is 14.0 Å². The quantitative estimate of drug-likeness (QED) is 0.319. The van der Waals surface area contributed by atoms with Crippen LogP contribution in [0.4, 0.5) is 4.39 Å². The molecule has 6 rings (SSSR count). The maximum absolute atomic E-state index is 14.3. The lowest BCUT2D eigenvalue weighted by atomic mass is 9.93. The summed E-state index contributed by atoms with van der Waals surface area (Å²) in [6, 6.07) is 24.2. The number of amides is 2. The van der Waals surface area contributed by atoms with Crippen LogP contribution in [0.15, 0.2) is 78.9 Å². The topological polar surface area (TPSA) is 62.3 Å². The first-order valence-electron chi connectivity index (χ1n) is 13.4. The summed E-state index contributed by atoms with van der Waals surface area (Å²) in [5, 5.41) is 4.19. The molecular formula is C32H30FN3O2. The number of pyridine rings is 1. The van der Waals surface area contributed by atoms with Crippen molar-refractivity contribution in [1.82, 2.24) is 15.2 Å². The van der Waals surface area contributed by atoms with Crippen molar-refractivity contribution >= 4 is 22.7 Å². The van der Waals surface area contributed by atoms with Crippen LogP contribution in [0.5, 0.6) is 0 Å². The predicted molar refractivity (Wildman–Crippen MR) is 146 cm³/mol. The second kappa shape index (κ2) is 10.4. The molecule has 1 atom stereocenters. The molecule has 1 N–H and O–H groups in total. The molecule has 1 saturated heterocycles. The number of carbonyl (C=O) groups is 2. The third kappa shape index (κ3) is 5.03. The number of para-hydroxylation sites is 1. The lowest BCUT2D eigenvalue weighted by molar-refractivity contribution is -0.128. The number of fused-ring (bicyclic) bond motifs is 1. The lowest BCUT2D eigenvalue weighted by Gasteiger charge is -2.23. The largest absolute Gasteiger partial charge is 0.349 e. The Morgan fingerprint density at radius 1 is 1.00 bits per heavy atom. The Labute approximate surface area is 221 Å². The molecule has 1 aromatic heterocycles. The molecule has 0 radical (unpaired) electrons. The van der Waals surface area contributed by atoms with E-state index in [2.05, 4.69) is 17.4 Å². The Morgan fingerprint density at radius 2 is 1.79 bits per heavy atom. The second-order valence-corrected chi connectivity index (χ2v) is 10.3. The Morgan fingerprint density at radius 3 is 2.53 bits per heavy atom. The summed E-state index contributed by atoms with van der Waals surface area (Å²) in [5.74, 6) is 0.119. The number of likely N-dealkylation sites (tertiary alicyclic amines) is 1. The normalized spacial score (nSPS) is 16.1. The van der Waals surface area contributed by atoms with Crippen LogP contribution in [-0.4, -0.2) is 28.2 Å². The molecule has 2 aliphatic rings. The van der Waals surface area contributed by atoms with Crippen LogP contribution >= 0.6 is 0 Å². The van der Waals surface area contributed by atoms with Crippen molar-refractivity contribution in [1.29, 1.82) is 0 Å². The minimum Gasteiger partial charge on any atom is -0.349 e. The van der Waals surface area contributed by atoms with Gasteiger partial charge in [0.25, 0.3) is 0 Å². The second-order valence-electron chi connectivity index (χ2n) is 10.3. The van der Waals surface area contributed by atoms with Crippen LogP contribution in [0.1, 0.15) is 48.4 Å². The maximum Gasteiger partial charge on any atom is 0.224 e. The summed E-state index contributed by atoms with van der Waals surface area (Å²) in [7, 11) is 0. The van der Waals surface area contributed by atoms with Crippen molar-refractivity contribution in [2.75, 3.05) is 6.54 Å². The number of halogens is 1. The van der Waals surface area contributed by atoms with Gasteiger partial charge in [0, 0.05) is 36.0 Å². The molecule has 0 unspecified atom stereocenters. The summed E-state index contributed by atoms with van der Waals surface area (Å²) >= 11 is 0. The van der Waals surface area contributed by atoms with E-state index in [4.69, 9.17) is 4.98 Å². The van der Waals surface area contributed by atoms with Crippen LogP contribution in [0.2, 0.25) is 0 Å². The zero-order valence-corrected chi connectivity index (χ0v) is 21.2. The number of rotatable bonds is 8. The van der Waals surface area contributed by atoms with E-state index in [0.717, 1.165) is 46.9 Å². The van der Waals surface area contributed by atoms with Crippen molar-refractivity contribution < 1.29 is 14.0 Å². The van der Waals surface area contributed by atoms with Crippen molar-refractivity contribution in [3.8, 4) is 11.3 Å². The minimum absolute atomic E-state index is 0.0249. The van der Waals surface area contributed by atoms with Crippen LogP contribution in [0.25, 0.3) is 22.2 Å². The van der Waals surface area contributed by atoms with Gasteiger partial charge in [-0.1, -0.05) is 60.7 Å². The van der Waals surface area contributed by atoms with Gasteiger partial charge >= 0.3 is 0 Å². The van der Waals surface area contributed by atoms with Gasteiger partial charge in [0.05, 0.1) is 23.7 Å². The minimum atomic E-state index is -0.352. The Kier molecular flexibility index (Phi) is 6.62. The van der Waals surface area contributed by atoms with E-state index < -0.39 is 0 Å². The van der Waals surface area contributed by atoms with E-state index in [1.165, 1.54) is 12.1 Å². The fourth-order valence-electron chi connectivity index (χ4n) is 5.58. The Bertz CT molecular complexity index is 1500. The van der Waals surface area contributed by atoms with Gasteiger partial charge in [-0.3, -0.25) is 9.59 Å².